The third-order valence-electron chi connectivity index (χ3n) is 4.29. The highest BCUT2D eigenvalue weighted by Crippen LogP contribution is 2.30. The van der Waals surface area contributed by atoms with E-state index in [4.69, 9.17) is 0 Å². The standard InChI is InChI=1S/C15H24N4O/c1-11-8-14(18(2)17-11)15(20)19(9-12-5-6-12)10-13-4-3-7-16-13/h8,12-13,16H,3-7,9-10H2,1-2H3. The second kappa shape index (κ2) is 5.56. The van der Waals surface area contributed by atoms with Crippen LogP contribution >= 0.6 is 0 Å². The number of hydrogen-bond acceptors (Lipinski definition) is 3. The molecule has 1 saturated carbocycles. The zero-order valence-corrected chi connectivity index (χ0v) is 12.4. The van der Waals surface area contributed by atoms with Crippen molar-refractivity contribution in [3.8, 4) is 0 Å². The summed E-state index contributed by atoms with van der Waals surface area (Å²) in [4.78, 5) is 14.8. The molecule has 2 heterocycles. The Morgan fingerprint density at radius 1 is 1.45 bits per heavy atom. The van der Waals surface area contributed by atoms with Crippen LogP contribution in [0.4, 0.5) is 0 Å². The minimum atomic E-state index is 0.133. The normalized spacial score (nSPS) is 22.2. The number of rotatable bonds is 5. The zero-order valence-electron chi connectivity index (χ0n) is 12.4. The molecule has 1 aliphatic carbocycles. The Morgan fingerprint density at radius 3 is 2.80 bits per heavy atom. The molecule has 20 heavy (non-hydrogen) atoms. The third kappa shape index (κ3) is 3.03. The van der Waals surface area contributed by atoms with Gasteiger partial charge in [-0.15, -0.1) is 0 Å². The van der Waals surface area contributed by atoms with Gasteiger partial charge in [0.15, 0.2) is 0 Å². The van der Waals surface area contributed by atoms with E-state index < -0.39 is 0 Å². The summed E-state index contributed by atoms with van der Waals surface area (Å²) in [6.45, 7) is 4.75. The first kappa shape index (κ1) is 13.6. The molecule has 1 N–H and O–H groups in total. The lowest BCUT2D eigenvalue weighted by atomic mass is 10.2. The van der Waals surface area contributed by atoms with E-state index in [1.807, 2.05) is 24.9 Å². The maximum Gasteiger partial charge on any atom is 0.272 e. The molecule has 2 aliphatic rings. The molecule has 0 radical (unpaired) electrons. The summed E-state index contributed by atoms with van der Waals surface area (Å²) in [5.41, 5.74) is 1.61. The van der Waals surface area contributed by atoms with Crippen LogP contribution in [0.5, 0.6) is 0 Å². The Morgan fingerprint density at radius 2 is 2.25 bits per heavy atom. The molecule has 0 spiro atoms. The maximum absolute atomic E-state index is 12.8. The predicted molar refractivity (Wildman–Crippen MR) is 77.6 cm³/mol. The smallest absolute Gasteiger partial charge is 0.272 e. The van der Waals surface area contributed by atoms with Crippen LogP contribution in [0.1, 0.15) is 41.9 Å². The first-order valence-electron chi connectivity index (χ1n) is 7.67. The molecule has 1 aromatic rings. The average Bonchev–Trinajstić information content (AvgIpc) is 2.94. The highest BCUT2D eigenvalue weighted by atomic mass is 16.2. The van der Waals surface area contributed by atoms with Crippen LogP contribution in [0.2, 0.25) is 0 Å². The van der Waals surface area contributed by atoms with Crippen LogP contribution in [0.15, 0.2) is 6.07 Å². The molecule has 110 valence electrons. The van der Waals surface area contributed by atoms with Crippen molar-refractivity contribution in [1.29, 1.82) is 0 Å². The van der Waals surface area contributed by atoms with Crippen LogP contribution in [0, 0.1) is 12.8 Å². The van der Waals surface area contributed by atoms with Crippen LogP contribution in [-0.2, 0) is 7.05 Å². The summed E-state index contributed by atoms with van der Waals surface area (Å²) in [7, 11) is 1.85. The Kier molecular flexibility index (Phi) is 3.78. The first-order chi connectivity index (χ1) is 9.63. The van der Waals surface area contributed by atoms with Gasteiger partial charge in [-0.2, -0.15) is 5.10 Å². The SMILES string of the molecule is Cc1cc(C(=O)N(CC2CC2)CC2CCCN2)n(C)n1. The van der Waals surface area contributed by atoms with Crippen LogP contribution < -0.4 is 5.32 Å². The molecule has 1 aromatic heterocycles. The Hall–Kier alpha value is -1.36. The average molecular weight is 276 g/mol. The van der Waals surface area contributed by atoms with E-state index in [0.29, 0.717) is 11.7 Å². The fourth-order valence-electron chi connectivity index (χ4n) is 3.00. The van der Waals surface area contributed by atoms with E-state index in [1.165, 1.54) is 25.7 Å². The second-order valence-electron chi connectivity index (χ2n) is 6.24. The fourth-order valence-corrected chi connectivity index (χ4v) is 3.00. The summed E-state index contributed by atoms with van der Waals surface area (Å²) >= 11 is 0. The van der Waals surface area contributed by atoms with Crippen molar-refractivity contribution in [1.82, 2.24) is 20.0 Å². The van der Waals surface area contributed by atoms with Crippen molar-refractivity contribution in [3.63, 3.8) is 0 Å². The van der Waals surface area contributed by atoms with Gasteiger partial charge in [-0.25, -0.2) is 0 Å². The predicted octanol–water partition coefficient (Wildman–Crippen LogP) is 1.33. The van der Waals surface area contributed by atoms with Gasteiger partial charge in [-0.05, 0) is 51.1 Å². The minimum Gasteiger partial charge on any atom is -0.335 e. The first-order valence-corrected chi connectivity index (χ1v) is 7.67. The molecule has 1 atom stereocenters. The van der Waals surface area contributed by atoms with Gasteiger partial charge in [0.05, 0.1) is 5.69 Å². The number of aryl methyl sites for hydroxylation is 2. The van der Waals surface area contributed by atoms with Crippen molar-refractivity contribution < 1.29 is 4.79 Å². The molecule has 5 heteroatoms. The summed E-state index contributed by atoms with van der Waals surface area (Å²) < 4.78 is 1.71. The molecule has 1 amide bonds. The Labute approximate surface area is 120 Å². The van der Waals surface area contributed by atoms with Gasteiger partial charge in [0.25, 0.3) is 5.91 Å². The monoisotopic (exact) mass is 276 g/mol. The van der Waals surface area contributed by atoms with Crippen molar-refractivity contribution in [3.05, 3.63) is 17.5 Å². The Bertz CT molecular complexity index is 486. The lowest BCUT2D eigenvalue weighted by Gasteiger charge is -2.26. The number of amides is 1. The van der Waals surface area contributed by atoms with E-state index in [9.17, 15) is 4.79 Å². The maximum atomic E-state index is 12.8. The topological polar surface area (TPSA) is 50.2 Å². The molecule has 1 unspecified atom stereocenters. The van der Waals surface area contributed by atoms with Gasteiger partial charge in [0, 0.05) is 26.2 Å². The number of nitrogens with zero attached hydrogens (tertiary/aromatic N) is 3. The molecule has 3 rings (SSSR count). The highest BCUT2D eigenvalue weighted by Gasteiger charge is 2.30. The van der Waals surface area contributed by atoms with Gasteiger partial charge in [0.2, 0.25) is 0 Å². The van der Waals surface area contributed by atoms with E-state index in [1.54, 1.807) is 4.68 Å². The number of carbonyl (C=O) groups excluding carboxylic acids is 1. The molecule has 0 aromatic carbocycles. The molecule has 2 fully saturated rings. The van der Waals surface area contributed by atoms with Crippen molar-refractivity contribution in [2.75, 3.05) is 19.6 Å². The molecular weight excluding hydrogens is 252 g/mol. The van der Waals surface area contributed by atoms with E-state index >= 15 is 0 Å². The summed E-state index contributed by atoms with van der Waals surface area (Å²) in [6.07, 6.45) is 4.94. The van der Waals surface area contributed by atoms with E-state index in [0.717, 1.165) is 31.2 Å². The molecule has 1 aliphatic heterocycles. The van der Waals surface area contributed by atoms with Crippen LogP contribution in [-0.4, -0.2) is 46.3 Å². The quantitative estimate of drug-likeness (QED) is 0.883. The van der Waals surface area contributed by atoms with Crippen LogP contribution in [0.3, 0.4) is 0 Å². The summed E-state index contributed by atoms with van der Waals surface area (Å²) in [5.74, 6) is 0.850. The number of nitrogens with one attached hydrogen (secondary N) is 1. The lowest BCUT2D eigenvalue weighted by Crippen LogP contribution is -2.42. The summed E-state index contributed by atoms with van der Waals surface area (Å²) in [6, 6.07) is 2.36. The molecular formula is C15H24N4O. The number of hydrogen-bond donors (Lipinski definition) is 1. The third-order valence-corrected chi connectivity index (χ3v) is 4.29. The fraction of sp³-hybridized carbons (Fsp3) is 0.733. The van der Waals surface area contributed by atoms with Crippen molar-refractivity contribution >= 4 is 5.91 Å². The highest BCUT2D eigenvalue weighted by molar-refractivity contribution is 5.92. The van der Waals surface area contributed by atoms with Crippen LogP contribution in [0.25, 0.3) is 0 Å². The minimum absolute atomic E-state index is 0.133. The van der Waals surface area contributed by atoms with Crippen molar-refractivity contribution in [2.24, 2.45) is 13.0 Å². The van der Waals surface area contributed by atoms with Gasteiger partial charge < -0.3 is 10.2 Å². The number of carbonyl (C=O) groups is 1. The molecule has 5 nitrogen and oxygen atoms in total. The van der Waals surface area contributed by atoms with Crippen molar-refractivity contribution in [2.45, 2.75) is 38.6 Å². The zero-order chi connectivity index (χ0) is 14.1. The van der Waals surface area contributed by atoms with E-state index in [2.05, 4.69) is 10.4 Å². The van der Waals surface area contributed by atoms with Gasteiger partial charge in [-0.3, -0.25) is 9.48 Å². The van der Waals surface area contributed by atoms with Gasteiger partial charge >= 0.3 is 0 Å². The number of aromatic nitrogens is 2. The second-order valence-corrected chi connectivity index (χ2v) is 6.24. The summed E-state index contributed by atoms with van der Waals surface area (Å²) in [5, 5.41) is 7.79. The van der Waals surface area contributed by atoms with Gasteiger partial charge in [0.1, 0.15) is 5.69 Å². The Balaban J connectivity index is 1.72. The van der Waals surface area contributed by atoms with E-state index in [-0.39, 0.29) is 5.91 Å². The molecule has 0 bridgehead atoms. The lowest BCUT2D eigenvalue weighted by molar-refractivity contribution is 0.0722. The largest absolute Gasteiger partial charge is 0.335 e. The van der Waals surface area contributed by atoms with Gasteiger partial charge in [-0.1, -0.05) is 0 Å². The molecule has 1 saturated heterocycles.